The lowest BCUT2D eigenvalue weighted by atomic mass is 9.98. The molecule has 0 bridgehead atoms. The molecule has 0 aliphatic carbocycles. The number of rotatable bonds is 5. The summed E-state index contributed by atoms with van der Waals surface area (Å²) < 4.78 is 0. The molecule has 6 heteroatoms. The Morgan fingerprint density at radius 3 is 2.52 bits per heavy atom. The second-order valence-corrected chi connectivity index (χ2v) is 5.92. The minimum absolute atomic E-state index is 0. The maximum atomic E-state index is 12.7. The quantitative estimate of drug-likeness (QED) is 0.866. The molecule has 1 aliphatic rings. The van der Waals surface area contributed by atoms with Crippen molar-refractivity contribution in [1.82, 2.24) is 10.2 Å². The number of nitrogens with one attached hydrogen (secondary N) is 2. The molecule has 1 heterocycles. The summed E-state index contributed by atoms with van der Waals surface area (Å²) in [4.78, 5) is 26.5. The molecule has 128 valence electrons. The highest BCUT2D eigenvalue weighted by Gasteiger charge is 2.23. The highest BCUT2D eigenvalue weighted by atomic mass is 35.5. The third-order valence-corrected chi connectivity index (χ3v) is 4.10. The van der Waals surface area contributed by atoms with E-state index in [4.69, 9.17) is 0 Å². The average Bonchev–Trinajstić information content (AvgIpc) is 2.53. The van der Waals surface area contributed by atoms with Gasteiger partial charge < -0.3 is 15.5 Å². The molecular formula is C17H26ClN3O2. The summed E-state index contributed by atoms with van der Waals surface area (Å²) in [5, 5.41) is 5.79. The van der Waals surface area contributed by atoms with E-state index in [-0.39, 0.29) is 24.2 Å². The van der Waals surface area contributed by atoms with E-state index in [0.717, 1.165) is 25.9 Å². The Kier molecular flexibility index (Phi) is 8.06. The zero-order valence-corrected chi connectivity index (χ0v) is 14.6. The van der Waals surface area contributed by atoms with Gasteiger partial charge in [-0.15, -0.1) is 12.4 Å². The highest BCUT2D eigenvalue weighted by molar-refractivity contribution is 6.03. The van der Waals surface area contributed by atoms with Gasteiger partial charge in [0, 0.05) is 26.1 Å². The van der Waals surface area contributed by atoms with Crippen LogP contribution in [0.15, 0.2) is 24.3 Å². The summed E-state index contributed by atoms with van der Waals surface area (Å²) in [7, 11) is 1.81. The fraction of sp³-hybridized carbons (Fsp3) is 0.529. The highest BCUT2D eigenvalue weighted by Crippen LogP contribution is 2.22. The van der Waals surface area contributed by atoms with Crippen molar-refractivity contribution in [3.63, 3.8) is 0 Å². The van der Waals surface area contributed by atoms with Crippen molar-refractivity contribution < 1.29 is 9.59 Å². The molecule has 0 aromatic heterocycles. The third-order valence-electron chi connectivity index (χ3n) is 4.10. The number of carbonyl (C=O) groups is 2. The number of hydrogen-bond acceptors (Lipinski definition) is 3. The van der Waals surface area contributed by atoms with Crippen molar-refractivity contribution in [3.8, 4) is 0 Å². The van der Waals surface area contributed by atoms with E-state index in [9.17, 15) is 9.59 Å². The maximum absolute atomic E-state index is 12.7. The molecule has 1 saturated heterocycles. The second-order valence-electron chi connectivity index (χ2n) is 5.92. The largest absolute Gasteiger partial charge is 0.339 e. The number of amides is 2. The molecule has 0 unspecified atom stereocenters. The molecule has 0 atom stereocenters. The van der Waals surface area contributed by atoms with Crippen molar-refractivity contribution in [1.29, 1.82) is 0 Å². The number of nitrogens with zero attached hydrogens (tertiary/aromatic N) is 1. The minimum Gasteiger partial charge on any atom is -0.339 e. The zero-order valence-electron chi connectivity index (χ0n) is 13.8. The number of anilines is 1. The van der Waals surface area contributed by atoms with Crippen LogP contribution in [0, 0.1) is 5.92 Å². The molecule has 1 aromatic rings. The van der Waals surface area contributed by atoms with Crippen molar-refractivity contribution in [2.45, 2.75) is 26.2 Å². The van der Waals surface area contributed by atoms with Crippen LogP contribution >= 0.6 is 12.4 Å². The van der Waals surface area contributed by atoms with Crippen LogP contribution in [0.2, 0.25) is 0 Å². The van der Waals surface area contributed by atoms with Crippen LogP contribution in [-0.4, -0.2) is 43.4 Å². The van der Waals surface area contributed by atoms with Gasteiger partial charge in [0.1, 0.15) is 0 Å². The van der Waals surface area contributed by atoms with E-state index in [1.807, 2.05) is 24.1 Å². The van der Waals surface area contributed by atoms with Crippen LogP contribution in [0.3, 0.4) is 0 Å². The first-order chi connectivity index (χ1) is 10.6. The van der Waals surface area contributed by atoms with Crippen LogP contribution in [0.4, 0.5) is 5.69 Å². The number of benzene rings is 1. The number of hydrogen-bond donors (Lipinski definition) is 2. The van der Waals surface area contributed by atoms with Gasteiger partial charge in [0.15, 0.2) is 0 Å². The number of carbonyl (C=O) groups excluding carboxylic acids is 2. The van der Waals surface area contributed by atoms with E-state index in [1.165, 1.54) is 0 Å². The number of piperidine rings is 1. The smallest absolute Gasteiger partial charge is 0.255 e. The molecule has 0 spiro atoms. The van der Waals surface area contributed by atoms with Gasteiger partial charge in [-0.2, -0.15) is 0 Å². The van der Waals surface area contributed by atoms with Gasteiger partial charge in [0.05, 0.1) is 11.3 Å². The first-order valence-electron chi connectivity index (χ1n) is 7.94. The molecule has 1 aliphatic heterocycles. The zero-order chi connectivity index (χ0) is 15.9. The Bertz CT molecular complexity index is 528. The SMILES string of the molecule is CNCCC(=O)Nc1ccccc1C(=O)N1CCC(C)CC1.Cl. The summed E-state index contributed by atoms with van der Waals surface area (Å²) in [5.41, 5.74) is 1.18. The van der Waals surface area contributed by atoms with E-state index in [1.54, 1.807) is 12.1 Å². The summed E-state index contributed by atoms with van der Waals surface area (Å²) in [6, 6.07) is 7.25. The summed E-state index contributed by atoms with van der Waals surface area (Å²) in [6.07, 6.45) is 2.48. The minimum atomic E-state index is -0.0816. The lowest BCUT2D eigenvalue weighted by molar-refractivity contribution is -0.116. The topological polar surface area (TPSA) is 61.4 Å². The normalized spacial score (nSPS) is 15.0. The van der Waals surface area contributed by atoms with Crippen molar-refractivity contribution >= 4 is 29.9 Å². The predicted molar refractivity (Wildman–Crippen MR) is 95.2 cm³/mol. The van der Waals surface area contributed by atoms with Crippen LogP contribution in [0.5, 0.6) is 0 Å². The van der Waals surface area contributed by atoms with Gasteiger partial charge in [0.2, 0.25) is 5.91 Å². The van der Waals surface area contributed by atoms with Crippen LogP contribution < -0.4 is 10.6 Å². The average molecular weight is 340 g/mol. The number of halogens is 1. The Morgan fingerprint density at radius 1 is 1.22 bits per heavy atom. The molecule has 0 saturated carbocycles. The van der Waals surface area contributed by atoms with Crippen molar-refractivity contribution in [3.05, 3.63) is 29.8 Å². The summed E-state index contributed by atoms with van der Waals surface area (Å²) >= 11 is 0. The Morgan fingerprint density at radius 2 is 1.87 bits per heavy atom. The molecule has 0 radical (unpaired) electrons. The van der Waals surface area contributed by atoms with E-state index in [2.05, 4.69) is 17.6 Å². The standard InChI is InChI=1S/C17H25N3O2.ClH/c1-13-8-11-20(12-9-13)17(22)14-5-3-4-6-15(14)19-16(21)7-10-18-2;/h3-6,13,18H,7-12H2,1-2H3,(H,19,21);1H. The third kappa shape index (κ3) is 5.52. The molecule has 2 amide bonds. The van der Waals surface area contributed by atoms with Crippen molar-refractivity contribution in [2.75, 3.05) is 32.0 Å². The molecule has 2 N–H and O–H groups in total. The molecule has 23 heavy (non-hydrogen) atoms. The monoisotopic (exact) mass is 339 g/mol. The van der Waals surface area contributed by atoms with Crippen LogP contribution in [0.25, 0.3) is 0 Å². The Hall–Kier alpha value is -1.59. The maximum Gasteiger partial charge on any atom is 0.255 e. The van der Waals surface area contributed by atoms with Gasteiger partial charge >= 0.3 is 0 Å². The lowest BCUT2D eigenvalue weighted by Gasteiger charge is -2.30. The van der Waals surface area contributed by atoms with Crippen molar-refractivity contribution in [2.24, 2.45) is 5.92 Å². The number of para-hydroxylation sites is 1. The molecule has 1 aromatic carbocycles. The van der Waals surface area contributed by atoms with E-state index in [0.29, 0.717) is 30.1 Å². The fourth-order valence-electron chi connectivity index (χ4n) is 2.61. The van der Waals surface area contributed by atoms with Gasteiger partial charge in [-0.1, -0.05) is 19.1 Å². The first kappa shape index (κ1) is 19.5. The molecule has 5 nitrogen and oxygen atoms in total. The van der Waals surface area contributed by atoms with E-state index >= 15 is 0 Å². The van der Waals surface area contributed by atoms with Gasteiger partial charge in [0.25, 0.3) is 5.91 Å². The molecular weight excluding hydrogens is 314 g/mol. The fourth-order valence-corrected chi connectivity index (χ4v) is 2.61. The summed E-state index contributed by atoms with van der Waals surface area (Å²) in [6.45, 7) is 4.42. The lowest BCUT2D eigenvalue weighted by Crippen LogP contribution is -2.38. The van der Waals surface area contributed by atoms with E-state index < -0.39 is 0 Å². The van der Waals surface area contributed by atoms with Crippen LogP contribution in [0.1, 0.15) is 36.5 Å². The molecule has 2 rings (SSSR count). The van der Waals surface area contributed by atoms with Gasteiger partial charge in [-0.3, -0.25) is 9.59 Å². The molecule has 1 fully saturated rings. The number of likely N-dealkylation sites (tertiary alicyclic amines) is 1. The Balaban J connectivity index is 0.00000264. The predicted octanol–water partition coefficient (Wildman–Crippen LogP) is 2.53. The van der Waals surface area contributed by atoms with Gasteiger partial charge in [-0.05, 0) is 37.9 Å². The second kappa shape index (κ2) is 9.53. The summed E-state index contributed by atoms with van der Waals surface area (Å²) in [5.74, 6) is 0.610. The Labute approximate surface area is 144 Å². The first-order valence-corrected chi connectivity index (χ1v) is 7.94. The van der Waals surface area contributed by atoms with Gasteiger partial charge in [-0.25, -0.2) is 0 Å². The van der Waals surface area contributed by atoms with Crippen LogP contribution in [-0.2, 0) is 4.79 Å².